The Kier molecular flexibility index (Phi) is 2.03. The van der Waals surface area contributed by atoms with Crippen molar-refractivity contribution < 1.29 is 9.53 Å². The molecule has 0 saturated heterocycles. The van der Waals surface area contributed by atoms with Gasteiger partial charge in [0.2, 0.25) is 5.91 Å². The number of carbonyl (C=O) groups excluding carboxylic acids is 1. The van der Waals surface area contributed by atoms with Crippen LogP contribution in [-0.2, 0) is 10.2 Å². The zero-order valence-corrected chi connectivity index (χ0v) is 8.83. The molecule has 1 unspecified atom stereocenters. The van der Waals surface area contributed by atoms with E-state index in [0.717, 1.165) is 17.0 Å². The van der Waals surface area contributed by atoms with Crippen molar-refractivity contribution in [3.63, 3.8) is 0 Å². The second-order valence-corrected chi connectivity index (χ2v) is 3.77. The fourth-order valence-corrected chi connectivity index (χ4v) is 1.78. The minimum atomic E-state index is -0.623. The molecule has 1 aliphatic heterocycles. The van der Waals surface area contributed by atoms with Crippen molar-refractivity contribution in [3.8, 4) is 5.75 Å². The number of hydrogen-bond donors (Lipinski definition) is 1. The Bertz CT molecular complexity index is 439. The van der Waals surface area contributed by atoms with E-state index in [1.54, 1.807) is 13.2 Å². The van der Waals surface area contributed by atoms with E-state index in [0.29, 0.717) is 0 Å². The van der Waals surface area contributed by atoms with Crippen LogP contribution in [0.25, 0.3) is 0 Å². The standard InChI is InChI=1S/C12H13NO2/c1-4-12(2)9-6-5-8(15-3)7-10(9)13-11(12)14/h4-7H,1H2,2-3H3,(H,13,14). The molecule has 0 spiro atoms. The molecule has 0 fully saturated rings. The number of amides is 1. The molecule has 1 N–H and O–H groups in total. The Morgan fingerprint density at radius 2 is 2.27 bits per heavy atom. The Morgan fingerprint density at radius 3 is 2.87 bits per heavy atom. The molecule has 1 amide bonds. The van der Waals surface area contributed by atoms with Gasteiger partial charge in [-0.2, -0.15) is 0 Å². The molecule has 0 bridgehead atoms. The normalized spacial score (nSPS) is 23.2. The lowest BCUT2D eigenvalue weighted by atomic mass is 9.84. The number of ether oxygens (including phenoxy) is 1. The highest BCUT2D eigenvalue weighted by atomic mass is 16.5. The van der Waals surface area contributed by atoms with Gasteiger partial charge in [-0.3, -0.25) is 4.79 Å². The first kappa shape index (κ1) is 9.77. The van der Waals surface area contributed by atoms with Gasteiger partial charge in [0.1, 0.15) is 5.75 Å². The van der Waals surface area contributed by atoms with Crippen LogP contribution in [0.15, 0.2) is 30.9 Å². The van der Waals surface area contributed by atoms with E-state index in [1.165, 1.54) is 0 Å². The van der Waals surface area contributed by atoms with Gasteiger partial charge >= 0.3 is 0 Å². The Balaban J connectivity index is 2.57. The third-order valence-corrected chi connectivity index (χ3v) is 2.91. The molecule has 1 aromatic carbocycles. The topological polar surface area (TPSA) is 38.3 Å². The van der Waals surface area contributed by atoms with Gasteiger partial charge < -0.3 is 10.1 Å². The highest BCUT2D eigenvalue weighted by molar-refractivity contribution is 6.07. The van der Waals surface area contributed by atoms with Crippen molar-refractivity contribution in [3.05, 3.63) is 36.4 Å². The van der Waals surface area contributed by atoms with Gasteiger partial charge in [-0.25, -0.2) is 0 Å². The van der Waals surface area contributed by atoms with Crippen molar-refractivity contribution >= 4 is 11.6 Å². The summed E-state index contributed by atoms with van der Waals surface area (Å²) >= 11 is 0. The van der Waals surface area contributed by atoms with E-state index in [-0.39, 0.29) is 5.91 Å². The number of hydrogen-bond acceptors (Lipinski definition) is 2. The molecule has 15 heavy (non-hydrogen) atoms. The maximum Gasteiger partial charge on any atom is 0.238 e. The van der Waals surface area contributed by atoms with Crippen LogP contribution in [-0.4, -0.2) is 13.0 Å². The molecule has 3 heteroatoms. The van der Waals surface area contributed by atoms with E-state index in [9.17, 15) is 4.79 Å². The van der Waals surface area contributed by atoms with Crippen LogP contribution < -0.4 is 10.1 Å². The highest BCUT2D eigenvalue weighted by Gasteiger charge is 2.40. The lowest BCUT2D eigenvalue weighted by Crippen LogP contribution is -2.28. The van der Waals surface area contributed by atoms with Gasteiger partial charge in [0, 0.05) is 11.8 Å². The van der Waals surface area contributed by atoms with E-state index < -0.39 is 5.41 Å². The van der Waals surface area contributed by atoms with Crippen LogP contribution in [0.1, 0.15) is 12.5 Å². The van der Waals surface area contributed by atoms with Crippen LogP contribution in [0.4, 0.5) is 5.69 Å². The monoisotopic (exact) mass is 203 g/mol. The summed E-state index contributed by atoms with van der Waals surface area (Å²) in [6, 6.07) is 5.57. The van der Waals surface area contributed by atoms with E-state index >= 15 is 0 Å². The smallest absolute Gasteiger partial charge is 0.238 e. The molecule has 2 rings (SSSR count). The number of carbonyl (C=O) groups is 1. The molecular weight excluding hydrogens is 190 g/mol. The molecule has 1 atom stereocenters. The quantitative estimate of drug-likeness (QED) is 0.747. The summed E-state index contributed by atoms with van der Waals surface area (Å²) < 4.78 is 5.10. The first-order chi connectivity index (χ1) is 7.11. The first-order valence-corrected chi connectivity index (χ1v) is 4.75. The third-order valence-electron chi connectivity index (χ3n) is 2.91. The van der Waals surface area contributed by atoms with Crippen molar-refractivity contribution in [1.29, 1.82) is 0 Å². The molecule has 1 heterocycles. The predicted molar refractivity (Wildman–Crippen MR) is 59.2 cm³/mol. The minimum absolute atomic E-state index is 0.0410. The summed E-state index contributed by atoms with van der Waals surface area (Å²) in [5.41, 5.74) is 1.13. The Hall–Kier alpha value is -1.77. The zero-order valence-electron chi connectivity index (χ0n) is 8.83. The molecule has 0 radical (unpaired) electrons. The average Bonchev–Trinajstić information content (AvgIpc) is 2.51. The lowest BCUT2D eigenvalue weighted by molar-refractivity contribution is -0.118. The molecule has 78 valence electrons. The van der Waals surface area contributed by atoms with E-state index in [2.05, 4.69) is 11.9 Å². The second-order valence-electron chi connectivity index (χ2n) is 3.77. The van der Waals surface area contributed by atoms with Crippen LogP contribution in [0.5, 0.6) is 5.75 Å². The summed E-state index contributed by atoms with van der Waals surface area (Å²) in [6.07, 6.45) is 1.67. The van der Waals surface area contributed by atoms with Gasteiger partial charge in [0.25, 0.3) is 0 Å². The van der Waals surface area contributed by atoms with E-state index in [4.69, 9.17) is 4.74 Å². The molecule has 1 aromatic rings. The van der Waals surface area contributed by atoms with Crippen LogP contribution in [0.3, 0.4) is 0 Å². The van der Waals surface area contributed by atoms with Crippen molar-refractivity contribution in [2.24, 2.45) is 0 Å². The number of nitrogens with one attached hydrogen (secondary N) is 1. The first-order valence-electron chi connectivity index (χ1n) is 4.75. The van der Waals surface area contributed by atoms with Crippen molar-refractivity contribution in [1.82, 2.24) is 0 Å². The third kappa shape index (κ3) is 1.23. The molecule has 1 aliphatic rings. The maximum absolute atomic E-state index is 11.8. The fraction of sp³-hybridized carbons (Fsp3) is 0.250. The van der Waals surface area contributed by atoms with Gasteiger partial charge in [-0.15, -0.1) is 6.58 Å². The maximum atomic E-state index is 11.8. The fourth-order valence-electron chi connectivity index (χ4n) is 1.78. The minimum Gasteiger partial charge on any atom is -0.497 e. The summed E-state index contributed by atoms with van der Waals surface area (Å²) in [5.74, 6) is 0.697. The Morgan fingerprint density at radius 1 is 1.53 bits per heavy atom. The number of fused-ring (bicyclic) bond motifs is 1. The average molecular weight is 203 g/mol. The summed E-state index contributed by atoms with van der Waals surface area (Å²) in [6.45, 7) is 5.57. The van der Waals surface area contributed by atoms with Crippen molar-refractivity contribution in [2.75, 3.05) is 12.4 Å². The number of benzene rings is 1. The molecule has 0 aliphatic carbocycles. The van der Waals surface area contributed by atoms with Gasteiger partial charge in [-0.1, -0.05) is 12.1 Å². The SMILES string of the molecule is C=CC1(C)C(=O)Nc2cc(OC)ccc21. The molecule has 0 saturated carbocycles. The van der Waals surface area contributed by atoms with Crippen molar-refractivity contribution in [2.45, 2.75) is 12.3 Å². The zero-order chi connectivity index (χ0) is 11.1. The highest BCUT2D eigenvalue weighted by Crippen LogP contribution is 2.39. The molecule has 3 nitrogen and oxygen atoms in total. The summed E-state index contributed by atoms with van der Waals surface area (Å²) in [5, 5.41) is 2.82. The van der Waals surface area contributed by atoms with Gasteiger partial charge in [0.05, 0.1) is 12.5 Å². The number of rotatable bonds is 2. The van der Waals surface area contributed by atoms with Crippen LogP contribution in [0, 0.1) is 0 Å². The lowest BCUT2D eigenvalue weighted by Gasteiger charge is -2.16. The second kappa shape index (κ2) is 3.12. The van der Waals surface area contributed by atoms with Gasteiger partial charge in [-0.05, 0) is 18.6 Å². The van der Waals surface area contributed by atoms with E-state index in [1.807, 2.05) is 25.1 Å². The summed E-state index contributed by atoms with van der Waals surface area (Å²) in [4.78, 5) is 11.8. The Labute approximate surface area is 88.8 Å². The number of anilines is 1. The summed E-state index contributed by atoms with van der Waals surface area (Å²) in [7, 11) is 1.60. The molecular formula is C12H13NO2. The van der Waals surface area contributed by atoms with Crippen LogP contribution >= 0.6 is 0 Å². The molecule has 0 aromatic heterocycles. The largest absolute Gasteiger partial charge is 0.497 e. The van der Waals surface area contributed by atoms with Crippen LogP contribution in [0.2, 0.25) is 0 Å². The predicted octanol–water partition coefficient (Wildman–Crippen LogP) is 2.09. The van der Waals surface area contributed by atoms with Gasteiger partial charge in [0.15, 0.2) is 0 Å². The number of methoxy groups -OCH3 is 1.